The Morgan fingerprint density at radius 2 is 2.22 bits per heavy atom. The predicted octanol–water partition coefficient (Wildman–Crippen LogP) is 2.81. The minimum atomic E-state index is -0.521. The van der Waals surface area contributed by atoms with Gasteiger partial charge in [-0.1, -0.05) is 13.3 Å². The van der Waals surface area contributed by atoms with E-state index in [2.05, 4.69) is 6.92 Å². The van der Waals surface area contributed by atoms with E-state index >= 15 is 0 Å². The topological polar surface area (TPSA) is 46.3 Å². The molecule has 98 valence electrons. The second-order valence-electron chi connectivity index (χ2n) is 4.82. The third-order valence-electron chi connectivity index (χ3n) is 3.25. The summed E-state index contributed by atoms with van der Waals surface area (Å²) in [6.45, 7) is 2.85. The van der Waals surface area contributed by atoms with E-state index in [-0.39, 0.29) is 11.6 Å². The Morgan fingerprint density at radius 3 is 2.78 bits per heavy atom. The summed E-state index contributed by atoms with van der Waals surface area (Å²) >= 11 is 0. The smallest absolute Gasteiger partial charge is 0.254 e. The summed E-state index contributed by atoms with van der Waals surface area (Å²) in [4.78, 5) is 14.2. The van der Waals surface area contributed by atoms with Gasteiger partial charge in [0.2, 0.25) is 0 Å². The van der Waals surface area contributed by atoms with Crippen LogP contribution in [0.2, 0.25) is 0 Å². The summed E-state index contributed by atoms with van der Waals surface area (Å²) in [5.41, 5.74) is 5.89. The van der Waals surface area contributed by atoms with Crippen LogP contribution in [0.15, 0.2) is 18.2 Å². The van der Waals surface area contributed by atoms with E-state index in [0.717, 1.165) is 32.2 Å². The summed E-state index contributed by atoms with van der Waals surface area (Å²) in [5.74, 6) is -0.600. The van der Waals surface area contributed by atoms with E-state index in [4.69, 9.17) is 5.73 Å². The SMILES string of the molecule is CCCCN(C(=O)c1ccc(N)c(F)c1)C1CC1. The zero-order chi connectivity index (χ0) is 13.1. The number of benzene rings is 1. The van der Waals surface area contributed by atoms with E-state index in [9.17, 15) is 9.18 Å². The number of amides is 1. The number of anilines is 1. The Bertz CT molecular complexity index is 443. The molecule has 1 amide bonds. The van der Waals surface area contributed by atoms with Crippen LogP contribution in [-0.2, 0) is 0 Å². The van der Waals surface area contributed by atoms with Crippen LogP contribution in [0.4, 0.5) is 10.1 Å². The molecule has 18 heavy (non-hydrogen) atoms. The number of nitrogens with two attached hydrogens (primary N) is 1. The molecule has 3 nitrogen and oxygen atoms in total. The molecule has 0 unspecified atom stereocenters. The minimum Gasteiger partial charge on any atom is -0.396 e. The highest BCUT2D eigenvalue weighted by Crippen LogP contribution is 2.29. The summed E-state index contributed by atoms with van der Waals surface area (Å²) in [6, 6.07) is 4.64. The Morgan fingerprint density at radius 1 is 1.50 bits per heavy atom. The number of rotatable bonds is 5. The van der Waals surface area contributed by atoms with Crippen LogP contribution in [0.1, 0.15) is 43.0 Å². The Balaban J connectivity index is 2.13. The predicted molar refractivity (Wildman–Crippen MR) is 69.8 cm³/mol. The van der Waals surface area contributed by atoms with E-state index in [1.165, 1.54) is 12.1 Å². The van der Waals surface area contributed by atoms with Crippen LogP contribution in [0, 0.1) is 5.82 Å². The monoisotopic (exact) mass is 250 g/mol. The van der Waals surface area contributed by atoms with Crippen LogP contribution < -0.4 is 5.73 Å². The van der Waals surface area contributed by atoms with Crippen LogP contribution in [-0.4, -0.2) is 23.4 Å². The van der Waals surface area contributed by atoms with Crippen molar-refractivity contribution < 1.29 is 9.18 Å². The van der Waals surface area contributed by atoms with Crippen molar-refractivity contribution in [1.82, 2.24) is 4.90 Å². The maximum atomic E-state index is 13.4. The van der Waals surface area contributed by atoms with Gasteiger partial charge in [0.15, 0.2) is 0 Å². The van der Waals surface area contributed by atoms with Crippen molar-refractivity contribution in [3.8, 4) is 0 Å². The summed E-state index contributed by atoms with van der Waals surface area (Å²) in [7, 11) is 0. The van der Waals surface area contributed by atoms with Gasteiger partial charge >= 0.3 is 0 Å². The molecule has 0 aliphatic heterocycles. The highest BCUT2D eigenvalue weighted by Gasteiger charge is 2.32. The van der Waals surface area contributed by atoms with Gasteiger partial charge in [-0.2, -0.15) is 0 Å². The zero-order valence-electron chi connectivity index (χ0n) is 10.7. The molecule has 1 fully saturated rings. The number of nitrogens with zero attached hydrogens (tertiary/aromatic N) is 1. The summed E-state index contributed by atoms with van der Waals surface area (Å²) in [5, 5.41) is 0. The van der Waals surface area contributed by atoms with Crippen molar-refractivity contribution in [3.05, 3.63) is 29.6 Å². The molecule has 2 N–H and O–H groups in total. The fourth-order valence-electron chi connectivity index (χ4n) is 1.99. The Hall–Kier alpha value is -1.58. The van der Waals surface area contributed by atoms with Crippen molar-refractivity contribution >= 4 is 11.6 Å². The number of halogens is 1. The quantitative estimate of drug-likeness (QED) is 0.817. The Labute approximate surface area is 107 Å². The molecule has 0 bridgehead atoms. The molecule has 1 saturated carbocycles. The van der Waals surface area contributed by atoms with E-state index in [0.29, 0.717) is 11.6 Å². The fourth-order valence-corrected chi connectivity index (χ4v) is 1.99. The highest BCUT2D eigenvalue weighted by molar-refractivity contribution is 5.95. The first-order valence-electron chi connectivity index (χ1n) is 6.49. The standard InChI is InChI=1S/C14H19FN2O/c1-2-3-8-17(11-5-6-11)14(18)10-4-7-13(16)12(15)9-10/h4,7,9,11H,2-3,5-6,8,16H2,1H3. The minimum absolute atomic E-state index is 0.0788. The highest BCUT2D eigenvalue weighted by atomic mass is 19.1. The van der Waals surface area contributed by atoms with Gasteiger partial charge in [0.1, 0.15) is 5.82 Å². The maximum absolute atomic E-state index is 13.4. The molecule has 0 radical (unpaired) electrons. The molecule has 0 heterocycles. The fraction of sp³-hybridized carbons (Fsp3) is 0.500. The lowest BCUT2D eigenvalue weighted by Gasteiger charge is -2.22. The lowest BCUT2D eigenvalue weighted by atomic mass is 10.1. The third kappa shape index (κ3) is 2.81. The number of carbonyl (C=O) groups excluding carboxylic acids is 1. The van der Waals surface area contributed by atoms with E-state index in [1.807, 2.05) is 4.90 Å². The molecule has 0 saturated heterocycles. The molecule has 1 aromatic carbocycles. The first-order valence-corrected chi connectivity index (χ1v) is 6.49. The second kappa shape index (κ2) is 5.38. The van der Waals surface area contributed by atoms with Gasteiger partial charge in [-0.25, -0.2) is 4.39 Å². The van der Waals surface area contributed by atoms with Crippen molar-refractivity contribution in [2.45, 2.75) is 38.6 Å². The van der Waals surface area contributed by atoms with Crippen LogP contribution >= 0.6 is 0 Å². The maximum Gasteiger partial charge on any atom is 0.254 e. The molecule has 0 aromatic heterocycles. The van der Waals surface area contributed by atoms with Crippen LogP contribution in [0.3, 0.4) is 0 Å². The lowest BCUT2D eigenvalue weighted by molar-refractivity contribution is 0.0740. The average molecular weight is 250 g/mol. The third-order valence-corrected chi connectivity index (χ3v) is 3.25. The summed E-state index contributed by atoms with van der Waals surface area (Å²) in [6.07, 6.45) is 4.16. The number of nitrogen functional groups attached to an aromatic ring is 1. The molecular weight excluding hydrogens is 231 g/mol. The van der Waals surface area contributed by atoms with Crippen molar-refractivity contribution in [1.29, 1.82) is 0 Å². The number of unbranched alkanes of at least 4 members (excludes halogenated alkanes) is 1. The number of hydrogen-bond acceptors (Lipinski definition) is 2. The van der Waals surface area contributed by atoms with Gasteiger partial charge in [-0.3, -0.25) is 4.79 Å². The van der Waals surface area contributed by atoms with Crippen LogP contribution in [0.5, 0.6) is 0 Å². The van der Waals surface area contributed by atoms with E-state index < -0.39 is 5.82 Å². The van der Waals surface area contributed by atoms with Gasteiger partial charge in [-0.05, 0) is 37.5 Å². The molecule has 4 heteroatoms. The number of carbonyl (C=O) groups is 1. The molecule has 2 rings (SSSR count). The molecule has 1 aliphatic carbocycles. The lowest BCUT2D eigenvalue weighted by Crippen LogP contribution is -2.34. The van der Waals surface area contributed by atoms with Crippen LogP contribution in [0.25, 0.3) is 0 Å². The second-order valence-corrected chi connectivity index (χ2v) is 4.82. The van der Waals surface area contributed by atoms with Crippen molar-refractivity contribution in [3.63, 3.8) is 0 Å². The van der Waals surface area contributed by atoms with Gasteiger partial charge in [0.25, 0.3) is 5.91 Å². The number of hydrogen-bond donors (Lipinski definition) is 1. The van der Waals surface area contributed by atoms with Crippen molar-refractivity contribution in [2.24, 2.45) is 0 Å². The molecule has 1 aliphatic rings. The van der Waals surface area contributed by atoms with Gasteiger partial charge in [-0.15, -0.1) is 0 Å². The van der Waals surface area contributed by atoms with Gasteiger partial charge < -0.3 is 10.6 Å². The first kappa shape index (κ1) is 12.9. The zero-order valence-corrected chi connectivity index (χ0v) is 10.7. The largest absolute Gasteiger partial charge is 0.396 e. The van der Waals surface area contributed by atoms with Gasteiger partial charge in [0.05, 0.1) is 5.69 Å². The van der Waals surface area contributed by atoms with E-state index in [1.54, 1.807) is 6.07 Å². The Kier molecular flexibility index (Phi) is 3.84. The normalized spacial score (nSPS) is 14.6. The molecule has 0 spiro atoms. The average Bonchev–Trinajstić information content (AvgIpc) is 3.17. The molecular formula is C14H19FN2O. The first-order chi connectivity index (χ1) is 8.63. The van der Waals surface area contributed by atoms with Gasteiger partial charge in [0, 0.05) is 18.2 Å². The summed E-state index contributed by atoms with van der Waals surface area (Å²) < 4.78 is 13.4. The molecule has 0 atom stereocenters. The molecule has 1 aromatic rings. The van der Waals surface area contributed by atoms with Crippen molar-refractivity contribution in [2.75, 3.05) is 12.3 Å².